The second-order valence-corrected chi connectivity index (χ2v) is 8.47. The van der Waals surface area contributed by atoms with Crippen LogP contribution in [0.4, 0.5) is 23.1 Å². The molecule has 5 heteroatoms. The highest BCUT2D eigenvalue weighted by Gasteiger charge is 2.20. The third-order valence-electron chi connectivity index (χ3n) is 5.32. The second kappa shape index (κ2) is 8.11. The van der Waals surface area contributed by atoms with Gasteiger partial charge in [-0.3, -0.25) is 0 Å². The zero-order valence-corrected chi connectivity index (χ0v) is 17.5. The Hall–Kier alpha value is -3.08. The summed E-state index contributed by atoms with van der Waals surface area (Å²) in [6.45, 7) is 10.4. The number of anilines is 4. The van der Waals surface area contributed by atoms with Crippen LogP contribution in [0.25, 0.3) is 0 Å². The first-order valence-electron chi connectivity index (χ1n) is 10.3. The van der Waals surface area contributed by atoms with Gasteiger partial charge in [0, 0.05) is 43.8 Å². The van der Waals surface area contributed by atoms with Crippen molar-refractivity contribution in [1.29, 1.82) is 0 Å². The van der Waals surface area contributed by atoms with Crippen molar-refractivity contribution in [3.05, 3.63) is 72.4 Å². The molecule has 0 aliphatic carbocycles. The first-order chi connectivity index (χ1) is 14.0. The van der Waals surface area contributed by atoms with E-state index in [9.17, 15) is 0 Å². The smallest absolute Gasteiger partial charge is 0.227 e. The van der Waals surface area contributed by atoms with Gasteiger partial charge in [0.1, 0.15) is 5.82 Å². The number of hydrogen-bond donors (Lipinski definition) is 1. The molecule has 0 amide bonds. The number of aromatic nitrogens is 2. The van der Waals surface area contributed by atoms with Gasteiger partial charge in [0.15, 0.2) is 0 Å². The maximum atomic E-state index is 4.80. The van der Waals surface area contributed by atoms with Gasteiger partial charge >= 0.3 is 0 Å². The van der Waals surface area contributed by atoms with Crippen molar-refractivity contribution in [1.82, 2.24) is 9.97 Å². The van der Waals surface area contributed by atoms with Gasteiger partial charge in [-0.15, -0.1) is 0 Å². The normalized spacial score (nSPS) is 14.7. The van der Waals surface area contributed by atoms with E-state index in [1.165, 1.54) is 11.3 Å². The summed E-state index contributed by atoms with van der Waals surface area (Å²) in [6.07, 6.45) is 1.84. The quantitative estimate of drug-likeness (QED) is 0.694. The van der Waals surface area contributed by atoms with Crippen molar-refractivity contribution >= 4 is 23.1 Å². The fraction of sp³-hybridized carbons (Fsp3) is 0.333. The summed E-state index contributed by atoms with van der Waals surface area (Å²) < 4.78 is 0. The largest absolute Gasteiger partial charge is 0.368 e. The number of piperazine rings is 1. The SMILES string of the molecule is CC(C)(C)c1ccccc1Nc1ccnc(N2CCN(c3ccccc3)CC2)n1. The zero-order chi connectivity index (χ0) is 20.3. The minimum Gasteiger partial charge on any atom is -0.368 e. The van der Waals surface area contributed by atoms with Gasteiger partial charge in [0.25, 0.3) is 0 Å². The Kier molecular flexibility index (Phi) is 5.38. The molecule has 150 valence electrons. The van der Waals surface area contributed by atoms with E-state index in [0.29, 0.717) is 0 Å². The van der Waals surface area contributed by atoms with Gasteiger partial charge in [-0.25, -0.2) is 4.98 Å². The van der Waals surface area contributed by atoms with Crippen molar-refractivity contribution in [2.45, 2.75) is 26.2 Å². The van der Waals surface area contributed by atoms with E-state index in [0.717, 1.165) is 43.6 Å². The number of nitrogens with one attached hydrogen (secondary N) is 1. The number of nitrogens with zero attached hydrogens (tertiary/aromatic N) is 4. The average Bonchev–Trinajstić information content (AvgIpc) is 2.74. The minimum atomic E-state index is 0.0627. The lowest BCUT2D eigenvalue weighted by molar-refractivity contribution is 0.592. The van der Waals surface area contributed by atoms with E-state index in [4.69, 9.17) is 4.98 Å². The summed E-state index contributed by atoms with van der Waals surface area (Å²) in [5.41, 5.74) is 3.71. The Morgan fingerprint density at radius 1 is 0.793 bits per heavy atom. The molecule has 0 saturated carbocycles. The van der Waals surface area contributed by atoms with Crippen LogP contribution >= 0.6 is 0 Å². The number of rotatable bonds is 4. The highest BCUT2D eigenvalue weighted by molar-refractivity contribution is 5.63. The Morgan fingerprint density at radius 3 is 2.17 bits per heavy atom. The van der Waals surface area contributed by atoms with Crippen LogP contribution < -0.4 is 15.1 Å². The monoisotopic (exact) mass is 387 g/mol. The lowest BCUT2D eigenvalue weighted by Gasteiger charge is -2.36. The minimum absolute atomic E-state index is 0.0627. The van der Waals surface area contributed by atoms with E-state index in [2.05, 4.69) is 95.5 Å². The average molecular weight is 388 g/mol. The predicted octanol–water partition coefficient (Wildman–Crippen LogP) is 4.84. The third-order valence-corrected chi connectivity index (χ3v) is 5.32. The van der Waals surface area contributed by atoms with Gasteiger partial charge < -0.3 is 15.1 Å². The molecule has 1 N–H and O–H groups in total. The summed E-state index contributed by atoms with van der Waals surface area (Å²) in [5.74, 6) is 1.62. The highest BCUT2D eigenvalue weighted by Crippen LogP contribution is 2.31. The summed E-state index contributed by atoms with van der Waals surface area (Å²) >= 11 is 0. The molecule has 1 fully saturated rings. The molecule has 2 heterocycles. The molecule has 0 spiro atoms. The molecule has 1 aromatic heterocycles. The van der Waals surface area contributed by atoms with Gasteiger partial charge in [0.2, 0.25) is 5.95 Å². The molecular weight excluding hydrogens is 358 g/mol. The molecule has 1 aliphatic heterocycles. The molecule has 2 aromatic carbocycles. The van der Waals surface area contributed by atoms with Crippen LogP contribution in [0, 0.1) is 0 Å². The molecule has 0 atom stereocenters. The fourth-order valence-electron chi connectivity index (χ4n) is 3.76. The Morgan fingerprint density at radius 2 is 1.45 bits per heavy atom. The van der Waals surface area contributed by atoms with Crippen LogP contribution in [0.5, 0.6) is 0 Å². The maximum Gasteiger partial charge on any atom is 0.227 e. The van der Waals surface area contributed by atoms with Crippen LogP contribution in [0.2, 0.25) is 0 Å². The summed E-state index contributed by atoms with van der Waals surface area (Å²) in [7, 11) is 0. The zero-order valence-electron chi connectivity index (χ0n) is 17.5. The summed E-state index contributed by atoms with van der Waals surface area (Å²) in [5, 5.41) is 3.50. The second-order valence-electron chi connectivity index (χ2n) is 8.47. The number of para-hydroxylation sites is 2. The van der Waals surface area contributed by atoms with Crippen LogP contribution in [-0.2, 0) is 5.41 Å². The van der Waals surface area contributed by atoms with Gasteiger partial charge in [-0.1, -0.05) is 57.2 Å². The molecule has 0 unspecified atom stereocenters. The van der Waals surface area contributed by atoms with Crippen LogP contribution in [0.15, 0.2) is 66.9 Å². The Labute approximate surface area is 173 Å². The molecule has 3 aromatic rings. The van der Waals surface area contributed by atoms with Crippen molar-refractivity contribution in [2.24, 2.45) is 0 Å². The lowest BCUT2D eigenvalue weighted by Crippen LogP contribution is -2.47. The summed E-state index contributed by atoms with van der Waals surface area (Å²) in [4.78, 5) is 14.0. The molecule has 1 aliphatic rings. The van der Waals surface area contributed by atoms with Gasteiger partial charge in [0.05, 0.1) is 0 Å². The van der Waals surface area contributed by atoms with Crippen LogP contribution in [0.3, 0.4) is 0 Å². The third kappa shape index (κ3) is 4.50. The molecule has 29 heavy (non-hydrogen) atoms. The molecule has 5 nitrogen and oxygen atoms in total. The topological polar surface area (TPSA) is 44.3 Å². The van der Waals surface area contributed by atoms with Gasteiger partial charge in [-0.05, 0) is 35.2 Å². The van der Waals surface area contributed by atoms with E-state index in [-0.39, 0.29) is 5.41 Å². The number of hydrogen-bond acceptors (Lipinski definition) is 5. The van der Waals surface area contributed by atoms with E-state index in [1.54, 1.807) is 0 Å². The Bertz CT molecular complexity index is 941. The maximum absolute atomic E-state index is 4.80. The van der Waals surface area contributed by atoms with E-state index < -0.39 is 0 Å². The lowest BCUT2D eigenvalue weighted by atomic mass is 9.86. The van der Waals surface area contributed by atoms with Gasteiger partial charge in [-0.2, -0.15) is 4.98 Å². The number of benzene rings is 2. The van der Waals surface area contributed by atoms with E-state index >= 15 is 0 Å². The molecular formula is C24H29N5. The molecule has 0 radical (unpaired) electrons. The summed E-state index contributed by atoms with van der Waals surface area (Å²) in [6, 6.07) is 20.9. The van der Waals surface area contributed by atoms with Crippen molar-refractivity contribution in [3.63, 3.8) is 0 Å². The van der Waals surface area contributed by atoms with Crippen molar-refractivity contribution in [2.75, 3.05) is 41.3 Å². The fourth-order valence-corrected chi connectivity index (χ4v) is 3.76. The first kappa shape index (κ1) is 19.2. The molecule has 1 saturated heterocycles. The van der Waals surface area contributed by atoms with Crippen LogP contribution in [-0.4, -0.2) is 36.1 Å². The van der Waals surface area contributed by atoms with Crippen LogP contribution in [0.1, 0.15) is 26.3 Å². The van der Waals surface area contributed by atoms with E-state index in [1.807, 2.05) is 12.3 Å². The highest BCUT2D eigenvalue weighted by atomic mass is 15.3. The standard InChI is InChI=1S/C24H29N5/c1-24(2,3)20-11-7-8-12-21(20)26-22-13-14-25-23(27-22)29-17-15-28(16-18-29)19-9-5-4-6-10-19/h4-14H,15-18H2,1-3H3,(H,25,26,27). The van der Waals surface area contributed by atoms with Crippen molar-refractivity contribution < 1.29 is 0 Å². The van der Waals surface area contributed by atoms with Crippen molar-refractivity contribution in [3.8, 4) is 0 Å². The Balaban J connectivity index is 1.47. The predicted molar refractivity (Wildman–Crippen MR) is 121 cm³/mol. The molecule has 4 rings (SSSR count). The molecule has 0 bridgehead atoms. The first-order valence-corrected chi connectivity index (χ1v) is 10.3.